The lowest BCUT2D eigenvalue weighted by Gasteiger charge is -2.39. The first kappa shape index (κ1) is 32.1. The molecule has 0 unspecified atom stereocenters. The molecule has 0 spiro atoms. The molecule has 0 aromatic heterocycles. The highest BCUT2D eigenvalue weighted by Crippen LogP contribution is 2.50. The summed E-state index contributed by atoms with van der Waals surface area (Å²) in [5, 5.41) is 4.85. The van der Waals surface area contributed by atoms with Crippen LogP contribution in [-0.2, 0) is 13.1 Å². The van der Waals surface area contributed by atoms with Crippen LogP contribution in [-0.4, -0.2) is 17.6 Å². The minimum atomic E-state index is -0.220. The zero-order chi connectivity index (χ0) is 31.0. The van der Waals surface area contributed by atoms with Crippen molar-refractivity contribution in [3.63, 3.8) is 0 Å². The molecule has 4 heteroatoms. The summed E-state index contributed by atoms with van der Waals surface area (Å²) < 4.78 is 29.4. The summed E-state index contributed by atoms with van der Waals surface area (Å²) in [6.07, 6.45) is 4.56. The van der Waals surface area contributed by atoms with E-state index >= 15 is 0 Å². The van der Waals surface area contributed by atoms with Gasteiger partial charge in [0.25, 0.3) is 0 Å². The van der Waals surface area contributed by atoms with Crippen LogP contribution in [0.2, 0.25) is 0 Å². The summed E-state index contributed by atoms with van der Waals surface area (Å²) in [6, 6.07) is 36.2. The van der Waals surface area contributed by atoms with Gasteiger partial charge in [-0.2, -0.15) is 0 Å². The van der Waals surface area contributed by atoms with Crippen LogP contribution in [0.25, 0.3) is 54.9 Å². The molecule has 0 bridgehead atoms. The fourth-order valence-electron chi connectivity index (χ4n) is 7.60. The van der Waals surface area contributed by atoms with Crippen molar-refractivity contribution in [2.24, 2.45) is 0 Å². The molecule has 0 radical (unpaired) electrons. The number of benzene rings is 6. The van der Waals surface area contributed by atoms with Gasteiger partial charge in [0.2, 0.25) is 0 Å². The maximum absolute atomic E-state index is 14.2. The summed E-state index contributed by atoms with van der Waals surface area (Å²) in [4.78, 5) is 0. The zero-order valence-corrected chi connectivity index (χ0v) is 28.2. The Hall–Kier alpha value is -3.86. The number of rotatable bonds is 8. The smallest absolute Gasteiger partial charge is 0.123 e. The summed E-state index contributed by atoms with van der Waals surface area (Å²) in [6.45, 7) is 8.54. The molecule has 1 aliphatic heterocycles. The van der Waals surface area contributed by atoms with Crippen molar-refractivity contribution in [2.45, 2.75) is 52.6 Å². The van der Waals surface area contributed by atoms with Gasteiger partial charge in [-0.25, -0.2) is 8.78 Å². The molecule has 0 atom stereocenters. The van der Waals surface area contributed by atoms with E-state index in [4.69, 9.17) is 0 Å². The fourth-order valence-corrected chi connectivity index (χ4v) is 7.60. The second kappa shape index (κ2) is 13.5. The van der Waals surface area contributed by atoms with Crippen LogP contribution < -0.4 is 17.0 Å². The van der Waals surface area contributed by atoms with E-state index < -0.39 is 0 Å². The molecular weight excluding hydrogens is 636 g/mol. The molecule has 0 aliphatic carbocycles. The first-order valence-electron chi connectivity index (χ1n) is 16.5. The topological polar surface area (TPSA) is 0 Å². The average Bonchev–Trinajstić information content (AvgIpc) is 3.22. The molecule has 0 amide bonds. The van der Waals surface area contributed by atoms with Gasteiger partial charge in [0.1, 0.15) is 24.7 Å². The van der Waals surface area contributed by atoms with E-state index in [9.17, 15) is 8.78 Å². The largest absolute Gasteiger partial charge is 1.00 e. The number of fused-ring (bicyclic) bond motifs is 7. The van der Waals surface area contributed by atoms with E-state index in [1.165, 1.54) is 54.9 Å². The fraction of sp³-hybridized carbons (Fsp3) is 0.238. The van der Waals surface area contributed by atoms with E-state index in [1.54, 1.807) is 24.3 Å². The second-order valence-corrected chi connectivity index (χ2v) is 12.8. The van der Waals surface area contributed by atoms with E-state index in [0.29, 0.717) is 0 Å². The van der Waals surface area contributed by atoms with Crippen molar-refractivity contribution in [1.82, 2.24) is 0 Å². The third-order valence-electron chi connectivity index (χ3n) is 9.83. The van der Waals surface area contributed by atoms with Gasteiger partial charge < -0.3 is 21.5 Å². The van der Waals surface area contributed by atoms with Gasteiger partial charge in [-0.15, -0.1) is 0 Å². The first-order chi connectivity index (χ1) is 22.0. The van der Waals surface area contributed by atoms with Gasteiger partial charge >= 0.3 is 0 Å². The molecule has 6 aromatic carbocycles. The van der Waals surface area contributed by atoms with Crippen molar-refractivity contribution >= 4 is 21.5 Å². The molecule has 1 aliphatic rings. The summed E-state index contributed by atoms with van der Waals surface area (Å²) in [5.74, 6) is -0.441. The minimum Gasteiger partial charge on any atom is -1.00 e. The van der Waals surface area contributed by atoms with Gasteiger partial charge in [-0.05, 0) is 93.0 Å². The third kappa shape index (κ3) is 5.89. The number of hydrogen-bond acceptors (Lipinski definition) is 0. The molecule has 46 heavy (non-hydrogen) atoms. The van der Waals surface area contributed by atoms with E-state index in [1.807, 2.05) is 24.3 Å². The van der Waals surface area contributed by atoms with Crippen LogP contribution in [0.3, 0.4) is 0 Å². The molecule has 6 aromatic rings. The molecule has 7 rings (SSSR count). The molecule has 0 fully saturated rings. The zero-order valence-electron chi connectivity index (χ0n) is 26.6. The van der Waals surface area contributed by atoms with Crippen LogP contribution in [0.1, 0.15) is 50.7 Å². The molecule has 1 heterocycles. The molecule has 0 saturated carbocycles. The van der Waals surface area contributed by atoms with Crippen LogP contribution in [0.15, 0.2) is 109 Å². The quantitative estimate of drug-likeness (QED) is 0.142. The van der Waals surface area contributed by atoms with E-state index in [-0.39, 0.29) is 28.6 Å². The predicted molar refractivity (Wildman–Crippen MR) is 185 cm³/mol. The van der Waals surface area contributed by atoms with Gasteiger partial charge in [0.15, 0.2) is 0 Å². The Morgan fingerprint density at radius 3 is 1.33 bits per heavy atom. The number of unbranched alkanes of at least 4 members (excludes halogenated alkanes) is 2. The summed E-state index contributed by atoms with van der Waals surface area (Å²) in [7, 11) is 0. The van der Waals surface area contributed by atoms with Crippen molar-refractivity contribution in [2.75, 3.05) is 13.1 Å². The number of quaternary nitrogens is 1. The molecular formula is C42H40BrF2N. The Morgan fingerprint density at radius 2 is 0.935 bits per heavy atom. The monoisotopic (exact) mass is 675 g/mol. The van der Waals surface area contributed by atoms with Gasteiger partial charge in [-0.1, -0.05) is 99.5 Å². The van der Waals surface area contributed by atoms with Crippen molar-refractivity contribution < 1.29 is 30.2 Å². The van der Waals surface area contributed by atoms with Crippen molar-refractivity contribution in [1.29, 1.82) is 0 Å². The van der Waals surface area contributed by atoms with Crippen LogP contribution in [0.4, 0.5) is 8.78 Å². The highest BCUT2D eigenvalue weighted by atomic mass is 79.9. The van der Waals surface area contributed by atoms with E-state index in [0.717, 1.165) is 67.5 Å². The molecule has 1 nitrogen and oxygen atoms in total. The maximum atomic E-state index is 14.2. The molecule has 0 saturated heterocycles. The lowest BCUT2D eigenvalue weighted by Crippen LogP contribution is -3.00. The standard InChI is InChI=1S/C42H40F2N.BrH/c1-3-5-23-45(24-6-4-2)27-39-37(29-15-19-33(43)20-16-29)25-31-11-7-9-13-35(31)41(39)42-36-14-10-8-12-32(36)26-38(40(42)28-45)30-17-21-34(44)22-18-30;/h7-22,25-26H,3-6,23-24,27-28H2,1-2H3;1H/q+1;/p-1. The highest BCUT2D eigenvalue weighted by molar-refractivity contribution is 6.11. The first-order valence-corrected chi connectivity index (χ1v) is 16.5. The van der Waals surface area contributed by atoms with Gasteiger partial charge in [-0.3, -0.25) is 0 Å². The van der Waals surface area contributed by atoms with Crippen LogP contribution >= 0.6 is 0 Å². The lowest BCUT2D eigenvalue weighted by molar-refractivity contribution is -0.953. The number of halogens is 3. The van der Waals surface area contributed by atoms with Crippen molar-refractivity contribution in [3.05, 3.63) is 132 Å². The second-order valence-electron chi connectivity index (χ2n) is 12.8. The number of hydrogen-bond donors (Lipinski definition) is 0. The SMILES string of the molecule is CCCC[N+]1(CCCC)Cc2c(-c3ccc(F)cc3)cc3ccccc3c2-c2c(c(-c3ccc(F)cc3)cc3ccccc23)C1.[Br-]. The van der Waals surface area contributed by atoms with Crippen LogP contribution in [0, 0.1) is 11.6 Å². The van der Waals surface area contributed by atoms with Crippen molar-refractivity contribution in [3.8, 4) is 33.4 Å². The summed E-state index contributed by atoms with van der Waals surface area (Å²) >= 11 is 0. The maximum Gasteiger partial charge on any atom is 0.123 e. The van der Waals surface area contributed by atoms with Crippen LogP contribution in [0.5, 0.6) is 0 Å². The summed E-state index contributed by atoms with van der Waals surface area (Å²) in [5.41, 5.74) is 9.72. The molecule has 234 valence electrons. The Balaban J connectivity index is 0.00000372. The van der Waals surface area contributed by atoms with Gasteiger partial charge in [0, 0.05) is 22.3 Å². The van der Waals surface area contributed by atoms with Gasteiger partial charge in [0.05, 0.1) is 13.1 Å². The Bertz CT molecular complexity index is 1850. The Kier molecular flexibility index (Phi) is 9.40. The Labute approximate surface area is 281 Å². The highest BCUT2D eigenvalue weighted by Gasteiger charge is 2.37. The predicted octanol–water partition coefficient (Wildman–Crippen LogP) is 8.71. The lowest BCUT2D eigenvalue weighted by atomic mass is 9.82. The Morgan fingerprint density at radius 1 is 0.543 bits per heavy atom. The molecule has 0 N–H and O–H groups in total. The van der Waals surface area contributed by atoms with E-state index in [2.05, 4.69) is 74.5 Å². The minimum absolute atomic E-state index is 0. The average molecular weight is 677 g/mol. The number of nitrogens with zero attached hydrogens (tertiary/aromatic N) is 1. The normalized spacial score (nSPS) is 13.6. The third-order valence-corrected chi connectivity index (χ3v) is 9.83.